The maximum absolute atomic E-state index is 12.0. The Morgan fingerprint density at radius 1 is 1.21 bits per heavy atom. The van der Waals surface area contributed by atoms with Crippen LogP contribution in [-0.2, 0) is 6.54 Å². The van der Waals surface area contributed by atoms with Gasteiger partial charge in [0.05, 0.1) is 23.4 Å². The molecule has 0 aliphatic carbocycles. The fraction of sp³-hybridized carbons (Fsp3) is 0.333. The summed E-state index contributed by atoms with van der Waals surface area (Å²) in [5.74, 6) is 0.0607. The lowest BCUT2D eigenvalue weighted by Crippen LogP contribution is -2.38. The van der Waals surface area contributed by atoms with Gasteiger partial charge in [0.25, 0.3) is 0 Å². The van der Waals surface area contributed by atoms with Crippen LogP contribution in [0.1, 0.15) is 30.5 Å². The van der Waals surface area contributed by atoms with Gasteiger partial charge < -0.3 is 15.7 Å². The highest BCUT2D eigenvalue weighted by Gasteiger charge is 2.15. The molecule has 0 radical (unpaired) electrons. The van der Waals surface area contributed by atoms with E-state index in [0.29, 0.717) is 24.5 Å². The van der Waals surface area contributed by atoms with Crippen molar-refractivity contribution < 1.29 is 9.90 Å². The first-order valence-electron chi connectivity index (χ1n) is 7.89. The standard InChI is InChI=1S/C18H22ClN3O2/c1-13(23)9-15(14-5-3-2-4-6-14)10-21-18(24)22-12-17-8-7-16(19)11-20-17/h2-8,11,13,15,23H,9-10,12H2,1H3,(H2,21,22,24). The minimum absolute atomic E-state index is 0.0607. The molecule has 1 aromatic heterocycles. The Balaban J connectivity index is 1.84. The molecule has 0 aliphatic rings. The monoisotopic (exact) mass is 347 g/mol. The van der Waals surface area contributed by atoms with Crippen LogP contribution >= 0.6 is 11.6 Å². The van der Waals surface area contributed by atoms with Gasteiger partial charge in [-0.3, -0.25) is 4.98 Å². The van der Waals surface area contributed by atoms with Crippen LogP contribution in [0.3, 0.4) is 0 Å². The van der Waals surface area contributed by atoms with Crippen LogP contribution in [0.2, 0.25) is 5.02 Å². The van der Waals surface area contributed by atoms with Crippen molar-refractivity contribution >= 4 is 17.6 Å². The Hall–Kier alpha value is -2.11. The van der Waals surface area contributed by atoms with Crippen LogP contribution in [-0.4, -0.2) is 28.8 Å². The molecule has 2 aromatic rings. The smallest absolute Gasteiger partial charge is 0.315 e. The normalized spacial score (nSPS) is 13.1. The number of hydrogen-bond donors (Lipinski definition) is 3. The van der Waals surface area contributed by atoms with Gasteiger partial charge in [0.2, 0.25) is 0 Å². The number of urea groups is 1. The summed E-state index contributed by atoms with van der Waals surface area (Å²) in [6, 6.07) is 13.1. The maximum atomic E-state index is 12.0. The molecule has 1 heterocycles. The molecule has 3 N–H and O–H groups in total. The van der Waals surface area contributed by atoms with Crippen LogP contribution in [0.25, 0.3) is 0 Å². The lowest BCUT2D eigenvalue weighted by Gasteiger charge is -2.19. The highest BCUT2D eigenvalue weighted by atomic mass is 35.5. The Morgan fingerprint density at radius 2 is 1.96 bits per heavy atom. The van der Waals surface area contributed by atoms with Crippen LogP contribution < -0.4 is 10.6 Å². The number of hydrogen-bond acceptors (Lipinski definition) is 3. The summed E-state index contributed by atoms with van der Waals surface area (Å²) in [7, 11) is 0. The average Bonchev–Trinajstić information content (AvgIpc) is 2.58. The lowest BCUT2D eigenvalue weighted by atomic mass is 9.93. The summed E-state index contributed by atoms with van der Waals surface area (Å²) in [5.41, 5.74) is 1.83. The molecule has 0 saturated heterocycles. The third kappa shape index (κ3) is 6.18. The quantitative estimate of drug-likeness (QED) is 0.720. The number of halogens is 1. The van der Waals surface area contributed by atoms with Crippen molar-refractivity contribution in [1.82, 2.24) is 15.6 Å². The summed E-state index contributed by atoms with van der Waals surface area (Å²) in [4.78, 5) is 16.1. The summed E-state index contributed by atoms with van der Waals surface area (Å²) in [5, 5.41) is 15.9. The van der Waals surface area contributed by atoms with E-state index in [9.17, 15) is 9.90 Å². The van der Waals surface area contributed by atoms with E-state index < -0.39 is 6.10 Å². The van der Waals surface area contributed by atoms with E-state index in [-0.39, 0.29) is 11.9 Å². The van der Waals surface area contributed by atoms with Gasteiger partial charge in [0.1, 0.15) is 0 Å². The van der Waals surface area contributed by atoms with E-state index in [1.54, 1.807) is 25.3 Å². The molecule has 24 heavy (non-hydrogen) atoms. The van der Waals surface area contributed by atoms with Crippen LogP contribution in [0.15, 0.2) is 48.7 Å². The van der Waals surface area contributed by atoms with E-state index in [2.05, 4.69) is 15.6 Å². The maximum Gasteiger partial charge on any atom is 0.315 e. The second kappa shape index (κ2) is 9.25. The molecule has 2 rings (SSSR count). The van der Waals surface area contributed by atoms with Gasteiger partial charge in [0, 0.05) is 18.7 Å². The molecule has 0 spiro atoms. The molecular formula is C18H22ClN3O2. The zero-order chi connectivity index (χ0) is 17.4. The zero-order valence-electron chi connectivity index (χ0n) is 13.6. The second-order valence-electron chi connectivity index (χ2n) is 5.72. The molecule has 2 unspecified atom stereocenters. The third-order valence-corrected chi connectivity index (χ3v) is 3.85. The number of aliphatic hydroxyl groups excluding tert-OH is 1. The van der Waals surface area contributed by atoms with Crippen molar-refractivity contribution in [1.29, 1.82) is 0 Å². The Kier molecular flexibility index (Phi) is 7.03. The Morgan fingerprint density at radius 3 is 2.58 bits per heavy atom. The van der Waals surface area contributed by atoms with Crippen LogP contribution in [0.4, 0.5) is 4.79 Å². The first kappa shape index (κ1) is 18.2. The Bertz CT molecular complexity index is 632. The van der Waals surface area contributed by atoms with Crippen molar-refractivity contribution in [3.8, 4) is 0 Å². The first-order valence-corrected chi connectivity index (χ1v) is 8.27. The third-order valence-electron chi connectivity index (χ3n) is 3.62. The number of nitrogens with zero attached hydrogens (tertiary/aromatic N) is 1. The largest absolute Gasteiger partial charge is 0.393 e. The summed E-state index contributed by atoms with van der Waals surface area (Å²) in [6.07, 6.45) is 1.70. The number of benzene rings is 1. The summed E-state index contributed by atoms with van der Waals surface area (Å²) in [6.45, 7) is 2.53. The number of rotatable bonds is 7. The van der Waals surface area contributed by atoms with Gasteiger partial charge in [-0.2, -0.15) is 0 Å². The minimum atomic E-state index is -0.432. The fourth-order valence-corrected chi connectivity index (χ4v) is 2.55. The van der Waals surface area contributed by atoms with Gasteiger partial charge in [-0.05, 0) is 31.0 Å². The van der Waals surface area contributed by atoms with E-state index >= 15 is 0 Å². The summed E-state index contributed by atoms with van der Waals surface area (Å²) < 4.78 is 0. The second-order valence-corrected chi connectivity index (χ2v) is 6.16. The van der Waals surface area contributed by atoms with Crippen molar-refractivity contribution in [3.63, 3.8) is 0 Å². The predicted octanol–water partition coefficient (Wildman–Crippen LogP) is 3.09. The van der Waals surface area contributed by atoms with Crippen molar-refractivity contribution in [2.24, 2.45) is 0 Å². The highest BCUT2D eigenvalue weighted by Crippen LogP contribution is 2.20. The zero-order valence-corrected chi connectivity index (χ0v) is 14.3. The molecule has 0 saturated carbocycles. The first-order chi connectivity index (χ1) is 11.5. The molecule has 6 heteroatoms. The molecule has 0 bridgehead atoms. The fourth-order valence-electron chi connectivity index (χ4n) is 2.43. The number of aromatic nitrogens is 1. The minimum Gasteiger partial charge on any atom is -0.393 e. The number of nitrogens with one attached hydrogen (secondary N) is 2. The van der Waals surface area contributed by atoms with Crippen molar-refractivity contribution in [3.05, 3.63) is 64.9 Å². The molecule has 0 aliphatic heterocycles. The number of aliphatic hydroxyl groups is 1. The van der Waals surface area contributed by atoms with E-state index in [1.807, 2.05) is 30.3 Å². The van der Waals surface area contributed by atoms with Gasteiger partial charge in [-0.1, -0.05) is 41.9 Å². The summed E-state index contributed by atoms with van der Waals surface area (Å²) >= 11 is 5.78. The Labute approximate surface area is 147 Å². The SMILES string of the molecule is CC(O)CC(CNC(=O)NCc1ccc(Cl)cn1)c1ccccc1. The molecule has 1 aromatic carbocycles. The molecule has 128 valence electrons. The number of amides is 2. The van der Waals surface area contributed by atoms with Gasteiger partial charge >= 0.3 is 6.03 Å². The molecule has 5 nitrogen and oxygen atoms in total. The lowest BCUT2D eigenvalue weighted by molar-refractivity contribution is 0.173. The van der Waals surface area contributed by atoms with Gasteiger partial charge in [0.15, 0.2) is 0 Å². The van der Waals surface area contributed by atoms with Crippen molar-refractivity contribution in [2.45, 2.75) is 31.9 Å². The molecule has 2 atom stereocenters. The topological polar surface area (TPSA) is 74.2 Å². The number of pyridine rings is 1. The van der Waals surface area contributed by atoms with Crippen LogP contribution in [0, 0.1) is 0 Å². The molecular weight excluding hydrogens is 326 g/mol. The highest BCUT2D eigenvalue weighted by molar-refractivity contribution is 6.30. The molecule has 0 fully saturated rings. The van der Waals surface area contributed by atoms with E-state index in [4.69, 9.17) is 11.6 Å². The van der Waals surface area contributed by atoms with E-state index in [0.717, 1.165) is 11.3 Å². The van der Waals surface area contributed by atoms with Crippen LogP contribution in [0.5, 0.6) is 0 Å². The van der Waals surface area contributed by atoms with E-state index in [1.165, 1.54) is 0 Å². The predicted molar refractivity (Wildman–Crippen MR) is 95.0 cm³/mol. The average molecular weight is 348 g/mol. The number of carbonyl (C=O) groups excluding carboxylic acids is 1. The van der Waals surface area contributed by atoms with Crippen molar-refractivity contribution in [2.75, 3.05) is 6.54 Å². The number of carbonyl (C=O) groups is 1. The molecule has 2 amide bonds. The van der Waals surface area contributed by atoms with Gasteiger partial charge in [-0.25, -0.2) is 4.79 Å². The van der Waals surface area contributed by atoms with Gasteiger partial charge in [-0.15, -0.1) is 0 Å².